The highest BCUT2D eigenvalue weighted by Crippen LogP contribution is 2.49. The van der Waals surface area contributed by atoms with Crippen LogP contribution in [0, 0.1) is 0 Å². The van der Waals surface area contributed by atoms with Crippen molar-refractivity contribution in [1.29, 1.82) is 0 Å². The lowest BCUT2D eigenvalue weighted by Gasteiger charge is -2.29. The first-order chi connectivity index (χ1) is 15.2. The number of oxime groups is 1. The molecule has 2 aromatic rings. The quantitative estimate of drug-likeness (QED) is 0.354. The molecule has 1 aliphatic heterocycles. The first-order valence-corrected chi connectivity index (χ1v) is 11.2. The summed E-state index contributed by atoms with van der Waals surface area (Å²) in [6.07, 6.45) is -2.32. The average Bonchev–Trinajstić information content (AvgIpc) is 3.10. The first-order valence-electron chi connectivity index (χ1n) is 9.69. The van der Waals surface area contributed by atoms with Gasteiger partial charge in [-0.05, 0) is 78.7 Å². The summed E-state index contributed by atoms with van der Waals surface area (Å²) in [6.45, 7) is 5.29. The number of alkyl halides is 3. The molecule has 176 valence electrons. The molecule has 0 amide bonds. The van der Waals surface area contributed by atoms with Gasteiger partial charge in [-0.2, -0.15) is 13.2 Å². The minimum Gasteiger partial charge on any atom is -0.456 e. The zero-order valence-corrected chi connectivity index (χ0v) is 20.9. The monoisotopic (exact) mass is 563 g/mol. The minimum absolute atomic E-state index is 0.0589. The highest BCUT2D eigenvalue weighted by molar-refractivity contribution is 9.10. The first kappa shape index (κ1) is 25.6. The predicted molar refractivity (Wildman–Crippen MR) is 126 cm³/mol. The molecule has 0 saturated heterocycles. The molecule has 10 heteroatoms. The van der Waals surface area contributed by atoms with Gasteiger partial charge in [0.15, 0.2) is 0 Å². The molecule has 33 heavy (non-hydrogen) atoms. The van der Waals surface area contributed by atoms with Gasteiger partial charge in [-0.1, -0.05) is 40.5 Å². The van der Waals surface area contributed by atoms with Crippen molar-refractivity contribution >= 4 is 56.9 Å². The van der Waals surface area contributed by atoms with Crippen LogP contribution in [0.4, 0.5) is 13.2 Å². The molecule has 0 aromatic heterocycles. The number of hydrogen-bond donors (Lipinski definition) is 0. The van der Waals surface area contributed by atoms with E-state index >= 15 is 0 Å². The van der Waals surface area contributed by atoms with Gasteiger partial charge in [0.05, 0.1) is 11.3 Å². The summed E-state index contributed by atoms with van der Waals surface area (Å²) < 4.78 is 47.9. The summed E-state index contributed by atoms with van der Waals surface area (Å²) in [5.74, 6) is -0.492. The Morgan fingerprint density at radius 1 is 1.12 bits per heavy atom. The van der Waals surface area contributed by atoms with Gasteiger partial charge in [-0.15, -0.1) is 0 Å². The maximum atomic E-state index is 14.0. The highest BCUT2D eigenvalue weighted by Gasteiger charge is 2.62. The molecular formula is C23H19BrCl2F3NO3. The number of rotatable bonds is 4. The lowest BCUT2D eigenvalue weighted by molar-refractivity contribution is -0.275. The van der Waals surface area contributed by atoms with E-state index < -0.39 is 29.8 Å². The normalized spacial score (nSPS) is 18.9. The SMILES string of the molecule is CC(C)(C)OC(=O)c1ccc(/C=C/C2=NOC(c3cc(Cl)cc(Cl)c3)(C(F)(F)F)C2)cc1Br. The third kappa shape index (κ3) is 5.91. The molecule has 0 aliphatic carbocycles. The Kier molecular flexibility index (Phi) is 7.22. The Hall–Kier alpha value is -2.03. The average molecular weight is 565 g/mol. The predicted octanol–water partition coefficient (Wildman–Crippen LogP) is 7.96. The molecule has 0 bridgehead atoms. The van der Waals surface area contributed by atoms with E-state index in [2.05, 4.69) is 21.1 Å². The van der Waals surface area contributed by atoms with E-state index in [0.29, 0.717) is 15.6 Å². The van der Waals surface area contributed by atoms with Gasteiger partial charge in [-0.25, -0.2) is 4.79 Å². The van der Waals surface area contributed by atoms with Gasteiger partial charge in [0, 0.05) is 26.5 Å². The summed E-state index contributed by atoms with van der Waals surface area (Å²) >= 11 is 15.1. The Labute approximate surface area is 207 Å². The fourth-order valence-electron chi connectivity index (χ4n) is 3.13. The molecule has 4 nitrogen and oxygen atoms in total. The zero-order valence-electron chi connectivity index (χ0n) is 17.8. The molecule has 3 rings (SSSR count). The third-order valence-electron chi connectivity index (χ3n) is 4.62. The molecule has 0 radical (unpaired) electrons. The number of carbonyl (C=O) groups excluding carboxylic acids is 1. The molecule has 0 N–H and O–H groups in total. The maximum absolute atomic E-state index is 14.0. The molecule has 0 saturated carbocycles. The van der Waals surface area contributed by atoms with Crippen LogP contribution in [0.25, 0.3) is 6.08 Å². The van der Waals surface area contributed by atoms with Gasteiger partial charge in [0.1, 0.15) is 5.60 Å². The number of hydrogen-bond acceptors (Lipinski definition) is 4. The van der Waals surface area contributed by atoms with E-state index in [1.807, 2.05) is 0 Å². The number of benzene rings is 2. The lowest BCUT2D eigenvalue weighted by Crippen LogP contribution is -2.42. The van der Waals surface area contributed by atoms with Crippen LogP contribution in [-0.2, 0) is 15.2 Å². The van der Waals surface area contributed by atoms with E-state index in [4.69, 9.17) is 32.8 Å². The van der Waals surface area contributed by atoms with Crippen molar-refractivity contribution < 1.29 is 27.5 Å². The van der Waals surface area contributed by atoms with E-state index in [1.165, 1.54) is 12.1 Å². The molecule has 1 unspecified atom stereocenters. The number of allylic oxidation sites excluding steroid dienone is 1. The van der Waals surface area contributed by atoms with Gasteiger partial charge in [-0.3, -0.25) is 0 Å². The van der Waals surface area contributed by atoms with Crippen LogP contribution < -0.4 is 0 Å². The summed E-state index contributed by atoms with van der Waals surface area (Å²) in [5, 5.41) is 3.77. The van der Waals surface area contributed by atoms with Crippen LogP contribution in [-0.4, -0.2) is 23.5 Å². The smallest absolute Gasteiger partial charge is 0.435 e. The number of nitrogens with zero attached hydrogens (tertiary/aromatic N) is 1. The zero-order chi connectivity index (χ0) is 24.6. The van der Waals surface area contributed by atoms with E-state index in [-0.39, 0.29) is 21.3 Å². The molecule has 1 atom stereocenters. The number of halogens is 6. The van der Waals surface area contributed by atoms with Crippen LogP contribution >= 0.6 is 39.1 Å². The number of ether oxygens (including phenoxy) is 1. The molecule has 1 aliphatic rings. The van der Waals surface area contributed by atoms with Crippen molar-refractivity contribution in [3.63, 3.8) is 0 Å². The third-order valence-corrected chi connectivity index (χ3v) is 5.71. The van der Waals surface area contributed by atoms with Gasteiger partial charge in [0.2, 0.25) is 0 Å². The van der Waals surface area contributed by atoms with E-state index in [1.54, 1.807) is 45.0 Å². The number of esters is 1. The largest absolute Gasteiger partial charge is 0.456 e. The fraction of sp³-hybridized carbons (Fsp3) is 0.304. The Morgan fingerprint density at radius 3 is 2.30 bits per heavy atom. The molecule has 2 aromatic carbocycles. The van der Waals surface area contributed by atoms with Crippen LogP contribution in [0.3, 0.4) is 0 Å². The molecule has 1 heterocycles. The van der Waals surface area contributed by atoms with Crippen LogP contribution in [0.1, 0.15) is 48.7 Å². The topological polar surface area (TPSA) is 47.9 Å². The van der Waals surface area contributed by atoms with Crippen LogP contribution in [0.2, 0.25) is 10.0 Å². The standard InChI is InChI=1S/C23H19BrCl2F3NO3/c1-21(2,3)32-20(31)18-7-5-13(8-19(18)24)4-6-17-12-22(33-30-17,23(27,28)29)14-9-15(25)11-16(26)10-14/h4-11H,12H2,1-3H3/b6-4+. The van der Waals surface area contributed by atoms with Crippen molar-refractivity contribution in [3.05, 3.63) is 73.7 Å². The second kappa shape index (κ2) is 9.31. The van der Waals surface area contributed by atoms with Crippen molar-refractivity contribution in [2.24, 2.45) is 5.16 Å². The Balaban J connectivity index is 1.81. The van der Waals surface area contributed by atoms with E-state index in [0.717, 1.165) is 12.1 Å². The second-order valence-electron chi connectivity index (χ2n) is 8.41. The van der Waals surface area contributed by atoms with Crippen molar-refractivity contribution in [2.45, 2.75) is 44.6 Å². The summed E-state index contributed by atoms with van der Waals surface area (Å²) in [5.41, 5.74) is -2.53. The Morgan fingerprint density at radius 2 is 1.76 bits per heavy atom. The van der Waals surface area contributed by atoms with Gasteiger partial charge >= 0.3 is 12.1 Å². The Bertz CT molecular complexity index is 1120. The van der Waals surface area contributed by atoms with E-state index in [9.17, 15) is 18.0 Å². The maximum Gasteiger partial charge on any atom is 0.435 e. The minimum atomic E-state index is -4.77. The second-order valence-corrected chi connectivity index (χ2v) is 10.1. The highest BCUT2D eigenvalue weighted by atomic mass is 79.9. The van der Waals surface area contributed by atoms with Crippen molar-refractivity contribution in [3.8, 4) is 0 Å². The summed E-state index contributed by atoms with van der Waals surface area (Å²) in [7, 11) is 0. The van der Waals surface area contributed by atoms with Crippen molar-refractivity contribution in [2.75, 3.05) is 0 Å². The van der Waals surface area contributed by atoms with Crippen LogP contribution in [0.15, 0.2) is 52.1 Å². The van der Waals surface area contributed by atoms with Crippen molar-refractivity contribution in [1.82, 2.24) is 0 Å². The fourth-order valence-corrected chi connectivity index (χ4v) is 4.21. The number of carbonyl (C=O) groups is 1. The summed E-state index contributed by atoms with van der Waals surface area (Å²) in [6, 6.07) is 8.53. The van der Waals surface area contributed by atoms with Crippen LogP contribution in [0.5, 0.6) is 0 Å². The van der Waals surface area contributed by atoms with Gasteiger partial charge in [0.25, 0.3) is 5.60 Å². The molecule has 0 fully saturated rings. The lowest BCUT2D eigenvalue weighted by atomic mass is 9.88. The molecular weight excluding hydrogens is 546 g/mol. The molecule has 0 spiro atoms. The summed E-state index contributed by atoms with van der Waals surface area (Å²) in [4.78, 5) is 17.2. The van der Waals surface area contributed by atoms with Gasteiger partial charge < -0.3 is 9.57 Å².